The molecule has 2 fully saturated rings. The number of imidazole rings is 1. The van der Waals surface area contributed by atoms with Crippen LogP contribution in [0.1, 0.15) is 16.9 Å². The van der Waals surface area contributed by atoms with Gasteiger partial charge < -0.3 is 14.2 Å². The van der Waals surface area contributed by atoms with Crippen molar-refractivity contribution < 1.29 is 9.53 Å². The minimum Gasteiger partial charge on any atom is -0.381 e. The fourth-order valence-electron chi connectivity index (χ4n) is 2.65. The molecule has 6 heteroatoms. The lowest BCUT2D eigenvalue weighted by Crippen LogP contribution is -2.60. The zero-order valence-electron chi connectivity index (χ0n) is 10.6. The molecule has 0 bridgehead atoms. The molecule has 0 radical (unpaired) electrons. The summed E-state index contributed by atoms with van der Waals surface area (Å²) in [6.45, 7) is 1.65. The quantitative estimate of drug-likeness (QED) is 0.794. The van der Waals surface area contributed by atoms with E-state index in [-0.39, 0.29) is 10.7 Å². The minimum absolute atomic E-state index is 0.0442. The van der Waals surface area contributed by atoms with E-state index in [4.69, 9.17) is 4.74 Å². The zero-order valence-corrected chi connectivity index (χ0v) is 11.4. The van der Waals surface area contributed by atoms with Gasteiger partial charge in [0.15, 0.2) is 0 Å². The van der Waals surface area contributed by atoms with E-state index >= 15 is 0 Å². The summed E-state index contributed by atoms with van der Waals surface area (Å²) < 4.78 is 7.43. The van der Waals surface area contributed by atoms with Crippen LogP contribution in [0.5, 0.6) is 0 Å². The lowest BCUT2D eigenvalue weighted by atomic mass is 9.92. The normalized spacial score (nSPS) is 25.4. The van der Waals surface area contributed by atoms with Gasteiger partial charge in [0.25, 0.3) is 5.91 Å². The largest absolute Gasteiger partial charge is 0.381 e. The Morgan fingerprint density at radius 1 is 1.61 bits per heavy atom. The smallest absolute Gasteiger partial charge is 0.274 e. The van der Waals surface area contributed by atoms with Crippen molar-refractivity contribution >= 4 is 17.7 Å². The van der Waals surface area contributed by atoms with E-state index in [0.29, 0.717) is 11.8 Å². The number of methoxy groups -OCH3 is 1. The van der Waals surface area contributed by atoms with Crippen LogP contribution in [0.3, 0.4) is 0 Å². The van der Waals surface area contributed by atoms with Gasteiger partial charge in [-0.15, -0.1) is 11.8 Å². The molecule has 0 aliphatic carbocycles. The first-order valence-electron chi connectivity index (χ1n) is 6.06. The van der Waals surface area contributed by atoms with Crippen LogP contribution in [0.4, 0.5) is 0 Å². The van der Waals surface area contributed by atoms with E-state index in [1.807, 2.05) is 23.7 Å². The van der Waals surface area contributed by atoms with Gasteiger partial charge in [0.1, 0.15) is 5.69 Å². The van der Waals surface area contributed by atoms with Gasteiger partial charge >= 0.3 is 0 Å². The Morgan fingerprint density at radius 3 is 2.94 bits per heavy atom. The monoisotopic (exact) mass is 267 g/mol. The number of thioether (sulfide) groups is 1. The van der Waals surface area contributed by atoms with Crippen molar-refractivity contribution in [1.29, 1.82) is 0 Å². The molecular weight excluding hydrogens is 250 g/mol. The van der Waals surface area contributed by atoms with Gasteiger partial charge in [-0.2, -0.15) is 0 Å². The maximum atomic E-state index is 12.1. The Morgan fingerprint density at radius 2 is 2.39 bits per heavy atom. The summed E-state index contributed by atoms with van der Waals surface area (Å²) in [7, 11) is 3.64. The Kier molecular flexibility index (Phi) is 2.86. The fourth-order valence-corrected chi connectivity index (χ4v) is 4.24. The van der Waals surface area contributed by atoms with Gasteiger partial charge in [-0.3, -0.25) is 4.79 Å². The first-order chi connectivity index (χ1) is 8.62. The predicted molar refractivity (Wildman–Crippen MR) is 69.7 cm³/mol. The number of hydrogen-bond acceptors (Lipinski definition) is 4. The lowest BCUT2D eigenvalue weighted by molar-refractivity contribution is 0.0447. The van der Waals surface area contributed by atoms with Gasteiger partial charge in [0, 0.05) is 39.2 Å². The molecule has 2 aliphatic rings. The molecule has 5 nitrogen and oxygen atoms in total. The Balaban J connectivity index is 1.61. The number of amides is 1. The van der Waals surface area contributed by atoms with Crippen molar-refractivity contribution in [2.45, 2.75) is 17.3 Å². The van der Waals surface area contributed by atoms with Gasteiger partial charge in [0.2, 0.25) is 0 Å². The van der Waals surface area contributed by atoms with Crippen LogP contribution in [0.2, 0.25) is 0 Å². The molecule has 3 heterocycles. The predicted octanol–water partition coefficient (Wildman–Crippen LogP) is 0.767. The van der Waals surface area contributed by atoms with Crippen LogP contribution in [0.15, 0.2) is 12.5 Å². The second-order valence-corrected chi connectivity index (χ2v) is 6.63. The van der Waals surface area contributed by atoms with Crippen molar-refractivity contribution in [3.8, 4) is 0 Å². The van der Waals surface area contributed by atoms with Crippen molar-refractivity contribution in [1.82, 2.24) is 14.5 Å². The highest BCUT2D eigenvalue weighted by Crippen LogP contribution is 2.46. The van der Waals surface area contributed by atoms with Crippen LogP contribution < -0.4 is 0 Å². The van der Waals surface area contributed by atoms with Crippen molar-refractivity contribution in [2.24, 2.45) is 7.05 Å². The van der Waals surface area contributed by atoms with E-state index in [0.717, 1.165) is 25.3 Å². The van der Waals surface area contributed by atoms with Crippen molar-refractivity contribution in [2.75, 3.05) is 26.0 Å². The fraction of sp³-hybridized carbons (Fsp3) is 0.667. The van der Waals surface area contributed by atoms with Crippen LogP contribution in [-0.2, 0) is 11.8 Å². The van der Waals surface area contributed by atoms with Gasteiger partial charge in [-0.25, -0.2) is 4.98 Å². The molecule has 0 N–H and O–H groups in total. The number of hydrogen-bond donors (Lipinski definition) is 0. The third kappa shape index (κ3) is 1.93. The average molecular weight is 267 g/mol. The summed E-state index contributed by atoms with van der Waals surface area (Å²) in [4.78, 5) is 18.1. The molecule has 3 rings (SSSR count). The van der Waals surface area contributed by atoms with Crippen molar-refractivity contribution in [3.63, 3.8) is 0 Å². The highest BCUT2D eigenvalue weighted by atomic mass is 32.2. The first-order valence-corrected chi connectivity index (χ1v) is 7.04. The summed E-state index contributed by atoms with van der Waals surface area (Å²) in [5, 5.41) is 0. The first kappa shape index (κ1) is 12.0. The SMILES string of the molecule is CO[C@H]1CSC2(C1)CN(C(=O)c1cn(C)cn1)C2. The number of nitrogens with zero attached hydrogens (tertiary/aromatic N) is 3. The Hall–Kier alpha value is -1.01. The van der Waals surface area contributed by atoms with E-state index < -0.39 is 0 Å². The second-order valence-electron chi connectivity index (χ2n) is 5.14. The highest BCUT2D eigenvalue weighted by molar-refractivity contribution is 8.01. The number of carbonyl (C=O) groups is 1. The van der Waals surface area contributed by atoms with Crippen molar-refractivity contribution in [3.05, 3.63) is 18.2 Å². The lowest BCUT2D eigenvalue weighted by Gasteiger charge is -2.47. The Bertz CT molecular complexity index is 468. The van der Waals surface area contributed by atoms with Gasteiger partial charge in [-0.05, 0) is 6.42 Å². The van der Waals surface area contributed by atoms with Gasteiger partial charge in [-0.1, -0.05) is 0 Å². The number of aromatic nitrogens is 2. The minimum atomic E-state index is 0.0442. The highest BCUT2D eigenvalue weighted by Gasteiger charge is 2.51. The molecule has 18 heavy (non-hydrogen) atoms. The summed E-state index contributed by atoms with van der Waals surface area (Å²) in [6.07, 6.45) is 4.84. The third-order valence-corrected chi connectivity index (χ3v) is 5.25. The van der Waals surface area contributed by atoms with E-state index in [1.165, 1.54) is 0 Å². The number of rotatable bonds is 2. The van der Waals surface area contributed by atoms with Crippen LogP contribution in [0, 0.1) is 0 Å². The van der Waals surface area contributed by atoms with E-state index in [9.17, 15) is 4.79 Å². The molecule has 98 valence electrons. The Labute approximate surface area is 111 Å². The maximum absolute atomic E-state index is 12.1. The number of carbonyl (C=O) groups excluding carboxylic acids is 1. The molecule has 2 aliphatic heterocycles. The number of likely N-dealkylation sites (tertiary alicyclic amines) is 1. The maximum Gasteiger partial charge on any atom is 0.274 e. The summed E-state index contributed by atoms with van der Waals surface area (Å²) >= 11 is 1.94. The number of ether oxygens (including phenoxy) is 1. The number of aryl methyl sites for hydroxylation is 1. The molecule has 1 aromatic rings. The van der Waals surface area contributed by atoms with E-state index in [2.05, 4.69) is 4.98 Å². The summed E-state index contributed by atoms with van der Waals surface area (Å²) in [5.74, 6) is 1.09. The van der Waals surface area contributed by atoms with Crippen LogP contribution >= 0.6 is 11.8 Å². The van der Waals surface area contributed by atoms with Gasteiger partial charge in [0.05, 0.1) is 17.2 Å². The molecule has 0 unspecified atom stereocenters. The van der Waals surface area contributed by atoms with Crippen LogP contribution in [-0.4, -0.2) is 57.2 Å². The third-order valence-electron chi connectivity index (χ3n) is 3.68. The molecule has 1 amide bonds. The summed E-state index contributed by atoms with van der Waals surface area (Å²) in [5.41, 5.74) is 0.540. The average Bonchev–Trinajstić information content (AvgIpc) is 2.92. The molecule has 2 saturated heterocycles. The van der Waals surface area contributed by atoms with E-state index in [1.54, 1.807) is 24.2 Å². The molecule has 0 saturated carbocycles. The molecule has 0 aromatic carbocycles. The second kappa shape index (κ2) is 4.28. The van der Waals surface area contributed by atoms with Crippen LogP contribution in [0.25, 0.3) is 0 Å². The standard InChI is InChI=1S/C12H17N3O2S/c1-14-4-10(13-8-14)11(16)15-6-12(7-15)3-9(17-2)5-18-12/h4,8-9H,3,5-7H2,1-2H3/t9-/m1/s1. The molecule has 1 spiro atoms. The molecule has 1 aromatic heterocycles. The topological polar surface area (TPSA) is 47.4 Å². The summed E-state index contributed by atoms with van der Waals surface area (Å²) in [6, 6.07) is 0. The molecule has 1 atom stereocenters. The zero-order chi connectivity index (χ0) is 12.8. The molecular formula is C12H17N3O2S.